The highest BCUT2D eigenvalue weighted by Gasteiger charge is 2.40. The van der Waals surface area contributed by atoms with Crippen LogP contribution in [-0.2, 0) is 4.79 Å². The van der Waals surface area contributed by atoms with Gasteiger partial charge in [0.2, 0.25) is 0 Å². The first-order chi connectivity index (χ1) is 5.83. The molecule has 1 saturated carbocycles. The number of carbonyl (C=O) groups is 1. The zero-order chi connectivity index (χ0) is 10.1. The van der Waals surface area contributed by atoms with E-state index in [1.165, 1.54) is 0 Å². The van der Waals surface area contributed by atoms with Crippen LogP contribution in [0.5, 0.6) is 0 Å². The highest BCUT2D eigenvalue weighted by molar-refractivity contribution is 5.81. The van der Waals surface area contributed by atoms with Crippen LogP contribution in [0, 0.1) is 5.41 Å². The van der Waals surface area contributed by atoms with E-state index in [4.69, 9.17) is 0 Å². The van der Waals surface area contributed by atoms with Crippen LogP contribution in [0.4, 0.5) is 13.2 Å². The number of carbonyl (C=O) groups excluding carboxylic acids is 1. The Labute approximate surface area is 74.5 Å². The van der Waals surface area contributed by atoms with Crippen molar-refractivity contribution < 1.29 is 18.0 Å². The Morgan fingerprint density at radius 3 is 2.31 bits per heavy atom. The van der Waals surface area contributed by atoms with Crippen molar-refractivity contribution in [3.63, 3.8) is 0 Å². The molecule has 1 rings (SSSR count). The van der Waals surface area contributed by atoms with Gasteiger partial charge in [-0.05, 0) is 18.3 Å². The molecule has 2 nitrogen and oxygen atoms in total. The van der Waals surface area contributed by atoms with Gasteiger partial charge in [0.05, 0.1) is 0 Å². The van der Waals surface area contributed by atoms with Gasteiger partial charge in [0.15, 0.2) is 0 Å². The van der Waals surface area contributed by atoms with Gasteiger partial charge in [-0.15, -0.1) is 0 Å². The van der Waals surface area contributed by atoms with Crippen LogP contribution >= 0.6 is 0 Å². The lowest BCUT2D eigenvalue weighted by Crippen LogP contribution is -2.44. The van der Waals surface area contributed by atoms with Crippen molar-refractivity contribution in [1.29, 1.82) is 0 Å². The first kappa shape index (κ1) is 10.3. The molecule has 76 valence electrons. The molecule has 0 atom stereocenters. The summed E-state index contributed by atoms with van der Waals surface area (Å²) in [5, 5.41) is 1.90. The molecule has 0 unspecified atom stereocenters. The van der Waals surface area contributed by atoms with E-state index in [0.717, 1.165) is 19.3 Å². The molecule has 0 aromatic rings. The Hall–Kier alpha value is -0.740. The van der Waals surface area contributed by atoms with Gasteiger partial charge in [-0.3, -0.25) is 4.79 Å². The summed E-state index contributed by atoms with van der Waals surface area (Å²) >= 11 is 0. The second kappa shape index (κ2) is 3.20. The van der Waals surface area contributed by atoms with E-state index >= 15 is 0 Å². The quantitative estimate of drug-likeness (QED) is 0.715. The summed E-state index contributed by atoms with van der Waals surface area (Å²) in [5.41, 5.74) is -0.110. The number of nitrogens with one attached hydrogen (secondary N) is 1. The maximum Gasteiger partial charge on any atom is 0.471 e. The van der Waals surface area contributed by atoms with Crippen molar-refractivity contribution in [1.82, 2.24) is 5.32 Å². The Bertz CT molecular complexity index is 208. The van der Waals surface area contributed by atoms with Crippen molar-refractivity contribution in [2.45, 2.75) is 32.4 Å². The van der Waals surface area contributed by atoms with Crippen LogP contribution in [0.1, 0.15) is 26.2 Å². The van der Waals surface area contributed by atoms with Crippen LogP contribution in [0.3, 0.4) is 0 Å². The predicted molar refractivity (Wildman–Crippen MR) is 41.0 cm³/mol. The van der Waals surface area contributed by atoms with E-state index in [9.17, 15) is 18.0 Å². The molecule has 1 fully saturated rings. The molecular weight excluding hydrogens is 183 g/mol. The number of amides is 1. The van der Waals surface area contributed by atoms with E-state index in [2.05, 4.69) is 0 Å². The summed E-state index contributed by atoms with van der Waals surface area (Å²) in [5.74, 6) is -1.83. The molecule has 0 spiro atoms. The van der Waals surface area contributed by atoms with Gasteiger partial charge in [0, 0.05) is 6.54 Å². The van der Waals surface area contributed by atoms with Crippen LogP contribution in [-0.4, -0.2) is 18.6 Å². The molecule has 0 aliphatic heterocycles. The van der Waals surface area contributed by atoms with E-state index < -0.39 is 12.1 Å². The van der Waals surface area contributed by atoms with Crippen LogP contribution in [0.15, 0.2) is 0 Å². The fraction of sp³-hybridized carbons (Fsp3) is 0.875. The molecule has 0 saturated heterocycles. The number of rotatable bonds is 2. The normalized spacial score (nSPS) is 20.6. The van der Waals surface area contributed by atoms with Crippen LogP contribution in [0.2, 0.25) is 0 Å². The largest absolute Gasteiger partial charge is 0.471 e. The molecule has 0 heterocycles. The minimum Gasteiger partial charge on any atom is -0.348 e. The Morgan fingerprint density at radius 1 is 1.46 bits per heavy atom. The van der Waals surface area contributed by atoms with Gasteiger partial charge < -0.3 is 5.32 Å². The minimum atomic E-state index is -4.75. The predicted octanol–water partition coefficient (Wildman–Crippen LogP) is 1.86. The lowest BCUT2D eigenvalue weighted by Gasteiger charge is -2.38. The Kier molecular flexibility index (Phi) is 2.54. The molecule has 5 heteroatoms. The molecule has 1 aliphatic carbocycles. The lowest BCUT2D eigenvalue weighted by molar-refractivity contribution is -0.174. The zero-order valence-corrected chi connectivity index (χ0v) is 7.37. The van der Waals surface area contributed by atoms with Crippen LogP contribution in [0.25, 0.3) is 0 Å². The highest BCUT2D eigenvalue weighted by Crippen LogP contribution is 2.39. The molecular formula is C8H12F3NO. The SMILES string of the molecule is CC1(CNC(=O)C(F)(F)F)CCC1. The molecule has 1 N–H and O–H groups in total. The Morgan fingerprint density at radius 2 is 2.00 bits per heavy atom. The third-order valence-electron chi connectivity index (χ3n) is 2.49. The molecule has 1 aliphatic rings. The van der Waals surface area contributed by atoms with E-state index in [-0.39, 0.29) is 12.0 Å². The zero-order valence-electron chi connectivity index (χ0n) is 7.37. The van der Waals surface area contributed by atoms with E-state index in [1.54, 1.807) is 0 Å². The monoisotopic (exact) mass is 195 g/mol. The van der Waals surface area contributed by atoms with Crippen molar-refractivity contribution in [3.8, 4) is 0 Å². The molecule has 0 aromatic heterocycles. The molecule has 0 bridgehead atoms. The van der Waals surface area contributed by atoms with Crippen LogP contribution < -0.4 is 5.32 Å². The topological polar surface area (TPSA) is 29.1 Å². The van der Waals surface area contributed by atoms with Gasteiger partial charge >= 0.3 is 12.1 Å². The average Bonchev–Trinajstić information content (AvgIpc) is 1.94. The number of hydrogen-bond acceptors (Lipinski definition) is 1. The molecule has 1 amide bonds. The molecule has 13 heavy (non-hydrogen) atoms. The second-order valence-electron chi connectivity index (χ2n) is 3.84. The van der Waals surface area contributed by atoms with E-state index in [1.807, 2.05) is 12.2 Å². The van der Waals surface area contributed by atoms with Crippen molar-refractivity contribution >= 4 is 5.91 Å². The van der Waals surface area contributed by atoms with Gasteiger partial charge in [0.25, 0.3) is 0 Å². The van der Waals surface area contributed by atoms with Gasteiger partial charge in [0.1, 0.15) is 0 Å². The summed E-state index contributed by atoms with van der Waals surface area (Å²) in [6, 6.07) is 0. The minimum absolute atomic E-state index is 0.110. The van der Waals surface area contributed by atoms with Gasteiger partial charge in [-0.1, -0.05) is 13.3 Å². The first-order valence-electron chi connectivity index (χ1n) is 4.19. The van der Waals surface area contributed by atoms with Crippen molar-refractivity contribution in [3.05, 3.63) is 0 Å². The summed E-state index contributed by atoms with van der Waals surface area (Å²) in [7, 11) is 0. The number of hydrogen-bond donors (Lipinski definition) is 1. The summed E-state index contributed by atoms with van der Waals surface area (Å²) in [4.78, 5) is 10.4. The Balaban J connectivity index is 2.30. The summed E-state index contributed by atoms with van der Waals surface area (Å²) < 4.78 is 35.2. The van der Waals surface area contributed by atoms with Crippen molar-refractivity contribution in [2.75, 3.05) is 6.54 Å². The second-order valence-corrected chi connectivity index (χ2v) is 3.84. The standard InChI is InChI=1S/C8H12F3NO/c1-7(3-2-4-7)5-12-6(13)8(9,10)11/h2-5H2,1H3,(H,12,13). The fourth-order valence-electron chi connectivity index (χ4n) is 1.35. The van der Waals surface area contributed by atoms with Gasteiger partial charge in [-0.2, -0.15) is 13.2 Å². The smallest absolute Gasteiger partial charge is 0.348 e. The maximum atomic E-state index is 11.7. The maximum absolute atomic E-state index is 11.7. The molecule has 0 aromatic carbocycles. The number of alkyl halides is 3. The lowest BCUT2D eigenvalue weighted by atomic mass is 9.70. The van der Waals surface area contributed by atoms with Crippen molar-refractivity contribution in [2.24, 2.45) is 5.41 Å². The highest BCUT2D eigenvalue weighted by atomic mass is 19.4. The summed E-state index contributed by atoms with van der Waals surface area (Å²) in [6.07, 6.45) is -1.92. The first-order valence-corrected chi connectivity index (χ1v) is 4.19. The summed E-state index contributed by atoms with van der Waals surface area (Å²) in [6.45, 7) is 2.01. The average molecular weight is 195 g/mol. The van der Waals surface area contributed by atoms with E-state index in [0.29, 0.717) is 0 Å². The number of halogens is 3. The fourth-order valence-corrected chi connectivity index (χ4v) is 1.35. The third-order valence-corrected chi connectivity index (χ3v) is 2.49. The third kappa shape index (κ3) is 2.60. The van der Waals surface area contributed by atoms with Gasteiger partial charge in [-0.25, -0.2) is 0 Å². The molecule has 0 radical (unpaired) electrons.